The molecule has 2 atom stereocenters. The minimum atomic E-state index is -0.101. The van der Waals surface area contributed by atoms with Gasteiger partial charge in [0.05, 0.1) is 0 Å². The van der Waals surface area contributed by atoms with Crippen molar-refractivity contribution >= 4 is 50.9 Å². The lowest BCUT2D eigenvalue weighted by atomic mass is 10.1. The van der Waals surface area contributed by atoms with Crippen LogP contribution in [0.4, 0.5) is 0 Å². The third-order valence-electron chi connectivity index (χ3n) is 5.39. The number of carbonyl (C=O) groups is 2. The topological polar surface area (TPSA) is 40.6 Å². The molecule has 4 nitrogen and oxygen atoms in total. The third kappa shape index (κ3) is 4.22. The second kappa shape index (κ2) is 8.05. The number of amides is 2. The summed E-state index contributed by atoms with van der Waals surface area (Å²) in [6.45, 7) is 2.15. The molecule has 0 N–H and O–H groups in total. The summed E-state index contributed by atoms with van der Waals surface area (Å²) in [7, 11) is 0. The first-order valence-electron chi connectivity index (χ1n) is 9.22. The normalized spacial score (nSPS) is 21.5. The maximum atomic E-state index is 12.8. The Hall–Kier alpha value is -1.56. The minimum Gasteiger partial charge on any atom is -0.339 e. The van der Waals surface area contributed by atoms with Crippen molar-refractivity contribution in [1.82, 2.24) is 9.80 Å². The molecule has 1 saturated carbocycles. The van der Waals surface area contributed by atoms with Gasteiger partial charge in [0.15, 0.2) is 0 Å². The second-order valence-electron chi connectivity index (χ2n) is 7.28. The van der Waals surface area contributed by atoms with Gasteiger partial charge < -0.3 is 9.80 Å². The van der Waals surface area contributed by atoms with E-state index in [4.69, 9.17) is 23.2 Å². The number of halogens is 3. The molecule has 1 heterocycles. The number of hydrogen-bond acceptors (Lipinski definition) is 2. The number of carbonyl (C=O) groups excluding carboxylic acids is 2. The maximum absolute atomic E-state index is 12.8. The van der Waals surface area contributed by atoms with Crippen LogP contribution in [0, 0.1) is 5.92 Å². The van der Waals surface area contributed by atoms with Crippen LogP contribution < -0.4 is 0 Å². The first-order valence-corrected chi connectivity index (χ1v) is 10.8. The zero-order valence-corrected chi connectivity index (χ0v) is 18.2. The van der Waals surface area contributed by atoms with Gasteiger partial charge in [-0.25, -0.2) is 0 Å². The van der Waals surface area contributed by atoms with E-state index < -0.39 is 0 Å². The average molecular weight is 482 g/mol. The molecule has 1 aliphatic heterocycles. The molecule has 0 spiro atoms. The van der Waals surface area contributed by atoms with Gasteiger partial charge >= 0.3 is 0 Å². The highest BCUT2D eigenvalue weighted by molar-refractivity contribution is 9.10. The molecule has 2 fully saturated rings. The predicted octanol–water partition coefficient (Wildman–Crippen LogP) is 4.84. The van der Waals surface area contributed by atoms with Crippen molar-refractivity contribution in [2.75, 3.05) is 26.2 Å². The molecular formula is C21H19BrCl2N2O2. The van der Waals surface area contributed by atoms with Gasteiger partial charge in [-0.15, -0.1) is 0 Å². The van der Waals surface area contributed by atoms with E-state index in [1.807, 2.05) is 17.0 Å². The molecule has 28 heavy (non-hydrogen) atoms. The zero-order chi connectivity index (χ0) is 19.8. The number of piperazine rings is 1. The Morgan fingerprint density at radius 2 is 1.46 bits per heavy atom. The molecule has 0 aromatic heterocycles. The van der Waals surface area contributed by atoms with Crippen molar-refractivity contribution in [3.8, 4) is 0 Å². The molecule has 2 amide bonds. The summed E-state index contributed by atoms with van der Waals surface area (Å²) in [6.07, 6.45) is 0.903. The molecule has 1 saturated heterocycles. The van der Waals surface area contributed by atoms with Crippen LogP contribution in [0.25, 0.3) is 0 Å². The fourth-order valence-electron chi connectivity index (χ4n) is 3.77. The minimum absolute atomic E-state index is 0.0650. The third-order valence-corrected chi connectivity index (χ3v) is 6.36. The first-order chi connectivity index (χ1) is 13.4. The summed E-state index contributed by atoms with van der Waals surface area (Å²) in [6, 6.07) is 13.0. The Kier molecular flexibility index (Phi) is 5.68. The number of rotatable bonds is 3. The van der Waals surface area contributed by atoms with Gasteiger partial charge in [0.1, 0.15) is 0 Å². The highest BCUT2D eigenvalue weighted by Gasteiger charge is 2.46. The van der Waals surface area contributed by atoms with E-state index in [2.05, 4.69) is 28.1 Å². The molecule has 7 heteroatoms. The smallest absolute Gasteiger partial charge is 0.254 e. The van der Waals surface area contributed by atoms with E-state index in [9.17, 15) is 9.59 Å². The molecule has 0 radical (unpaired) electrons. The van der Waals surface area contributed by atoms with Gasteiger partial charge in [-0.05, 0) is 48.2 Å². The number of hydrogen-bond donors (Lipinski definition) is 0. The van der Waals surface area contributed by atoms with Crippen LogP contribution in [0.1, 0.15) is 28.3 Å². The van der Waals surface area contributed by atoms with E-state index in [1.165, 1.54) is 5.56 Å². The summed E-state index contributed by atoms with van der Waals surface area (Å²) >= 11 is 15.4. The Bertz CT molecular complexity index is 891. The van der Waals surface area contributed by atoms with Crippen molar-refractivity contribution in [2.24, 2.45) is 5.92 Å². The number of benzene rings is 2. The fraction of sp³-hybridized carbons (Fsp3) is 0.333. The molecule has 4 rings (SSSR count). The summed E-state index contributed by atoms with van der Waals surface area (Å²) in [5.41, 5.74) is 1.70. The largest absolute Gasteiger partial charge is 0.339 e. The lowest BCUT2D eigenvalue weighted by Gasteiger charge is -2.35. The quantitative estimate of drug-likeness (QED) is 0.629. The Balaban J connectivity index is 1.33. The Morgan fingerprint density at radius 1 is 0.893 bits per heavy atom. The van der Waals surface area contributed by atoms with Crippen LogP contribution in [0.2, 0.25) is 10.0 Å². The number of nitrogens with zero attached hydrogens (tertiary/aromatic N) is 2. The van der Waals surface area contributed by atoms with E-state index in [-0.39, 0.29) is 17.7 Å². The summed E-state index contributed by atoms with van der Waals surface area (Å²) < 4.78 is 1.04. The molecule has 2 aliphatic rings. The van der Waals surface area contributed by atoms with Gasteiger partial charge in [0, 0.05) is 52.2 Å². The van der Waals surface area contributed by atoms with Gasteiger partial charge in [-0.1, -0.05) is 51.3 Å². The van der Waals surface area contributed by atoms with Crippen molar-refractivity contribution < 1.29 is 9.59 Å². The van der Waals surface area contributed by atoms with Crippen molar-refractivity contribution in [2.45, 2.75) is 12.3 Å². The fourth-order valence-corrected chi connectivity index (χ4v) is 4.56. The van der Waals surface area contributed by atoms with Crippen LogP contribution in [0.3, 0.4) is 0 Å². The van der Waals surface area contributed by atoms with E-state index >= 15 is 0 Å². The predicted molar refractivity (Wildman–Crippen MR) is 114 cm³/mol. The van der Waals surface area contributed by atoms with Crippen LogP contribution in [-0.4, -0.2) is 47.8 Å². The highest BCUT2D eigenvalue weighted by Crippen LogP contribution is 2.48. The van der Waals surface area contributed by atoms with Crippen LogP contribution in [0.5, 0.6) is 0 Å². The molecule has 2 aromatic rings. The van der Waals surface area contributed by atoms with E-state index in [1.54, 1.807) is 23.1 Å². The Morgan fingerprint density at radius 3 is 2.07 bits per heavy atom. The lowest BCUT2D eigenvalue weighted by Crippen LogP contribution is -2.51. The molecule has 0 bridgehead atoms. The summed E-state index contributed by atoms with van der Waals surface area (Å²) in [5.74, 6) is 0.477. The molecule has 2 aromatic carbocycles. The molecule has 2 unspecified atom stereocenters. The second-order valence-corrected chi connectivity index (χ2v) is 9.06. The van der Waals surface area contributed by atoms with E-state index in [0.717, 1.165) is 10.9 Å². The van der Waals surface area contributed by atoms with Gasteiger partial charge in [0.2, 0.25) is 5.91 Å². The molecule has 1 aliphatic carbocycles. The summed E-state index contributed by atoms with van der Waals surface area (Å²) in [5, 5.41) is 0.884. The summed E-state index contributed by atoms with van der Waals surface area (Å²) in [4.78, 5) is 29.2. The molecular weight excluding hydrogens is 463 g/mol. The standard InChI is InChI=1S/C21H19BrCl2N2O2/c22-15-3-1-13(2-4-15)18-12-19(18)21(28)26-7-5-25(6-8-26)20(27)14-9-16(23)11-17(24)10-14/h1-4,9-11,18-19H,5-8,12H2. The Labute approximate surface area is 182 Å². The van der Waals surface area contributed by atoms with Gasteiger partial charge in [-0.2, -0.15) is 0 Å². The van der Waals surface area contributed by atoms with Gasteiger partial charge in [0.25, 0.3) is 5.91 Å². The lowest BCUT2D eigenvalue weighted by molar-refractivity contribution is -0.134. The average Bonchev–Trinajstić information content (AvgIpc) is 3.47. The maximum Gasteiger partial charge on any atom is 0.254 e. The SMILES string of the molecule is O=C(c1cc(Cl)cc(Cl)c1)N1CCN(C(=O)C2CC2c2ccc(Br)cc2)CC1. The van der Waals surface area contributed by atoms with Gasteiger partial charge in [-0.3, -0.25) is 9.59 Å². The van der Waals surface area contributed by atoms with Crippen LogP contribution >= 0.6 is 39.1 Å². The van der Waals surface area contributed by atoms with Crippen LogP contribution in [-0.2, 0) is 4.79 Å². The van der Waals surface area contributed by atoms with Crippen molar-refractivity contribution in [3.63, 3.8) is 0 Å². The monoisotopic (exact) mass is 480 g/mol. The highest BCUT2D eigenvalue weighted by atomic mass is 79.9. The first kappa shape index (κ1) is 19.7. The zero-order valence-electron chi connectivity index (χ0n) is 15.1. The van der Waals surface area contributed by atoms with Crippen molar-refractivity contribution in [3.05, 3.63) is 68.1 Å². The molecule has 146 valence electrons. The van der Waals surface area contributed by atoms with E-state index in [0.29, 0.717) is 47.7 Å². The van der Waals surface area contributed by atoms with Crippen molar-refractivity contribution in [1.29, 1.82) is 0 Å². The van der Waals surface area contributed by atoms with Crippen LogP contribution in [0.15, 0.2) is 46.9 Å².